The SMILES string of the molecule is COc1ccc(Nc2c(C#N)c(C)nn2C)c(C)c1. The lowest BCUT2D eigenvalue weighted by Gasteiger charge is -2.11. The van der Waals surface area contributed by atoms with Gasteiger partial charge in [0.25, 0.3) is 0 Å². The van der Waals surface area contributed by atoms with Crippen molar-refractivity contribution in [3.8, 4) is 11.8 Å². The maximum Gasteiger partial charge on any atom is 0.146 e. The van der Waals surface area contributed by atoms with Crippen LogP contribution in [0.3, 0.4) is 0 Å². The molecule has 1 N–H and O–H groups in total. The molecule has 0 saturated carbocycles. The van der Waals surface area contributed by atoms with Gasteiger partial charge in [0.15, 0.2) is 0 Å². The van der Waals surface area contributed by atoms with Gasteiger partial charge in [-0.1, -0.05) is 0 Å². The largest absolute Gasteiger partial charge is 0.497 e. The van der Waals surface area contributed by atoms with E-state index < -0.39 is 0 Å². The molecule has 0 saturated heterocycles. The van der Waals surface area contributed by atoms with Gasteiger partial charge in [-0.2, -0.15) is 10.4 Å². The Morgan fingerprint density at radius 2 is 2.11 bits per heavy atom. The first kappa shape index (κ1) is 13.0. The van der Waals surface area contributed by atoms with Gasteiger partial charge in [0.2, 0.25) is 0 Å². The maximum atomic E-state index is 9.18. The summed E-state index contributed by atoms with van der Waals surface area (Å²) in [6.45, 7) is 3.81. The van der Waals surface area contributed by atoms with Crippen molar-refractivity contribution in [2.45, 2.75) is 13.8 Å². The lowest BCUT2D eigenvalue weighted by Crippen LogP contribution is -2.01. The average molecular weight is 256 g/mol. The van der Waals surface area contributed by atoms with Gasteiger partial charge in [0, 0.05) is 12.7 Å². The number of rotatable bonds is 3. The van der Waals surface area contributed by atoms with E-state index in [0.29, 0.717) is 11.4 Å². The minimum absolute atomic E-state index is 0.567. The number of nitrogens with one attached hydrogen (secondary N) is 1. The molecule has 5 heteroatoms. The van der Waals surface area contributed by atoms with E-state index in [1.54, 1.807) is 11.8 Å². The molecule has 1 heterocycles. The first-order chi connectivity index (χ1) is 9.06. The number of nitriles is 1. The normalized spacial score (nSPS) is 10.1. The highest BCUT2D eigenvalue weighted by Crippen LogP contribution is 2.27. The number of methoxy groups -OCH3 is 1. The number of anilines is 2. The highest BCUT2D eigenvalue weighted by molar-refractivity contribution is 5.67. The monoisotopic (exact) mass is 256 g/mol. The Balaban J connectivity index is 2.40. The predicted molar refractivity (Wildman–Crippen MR) is 73.7 cm³/mol. The fourth-order valence-corrected chi connectivity index (χ4v) is 1.97. The van der Waals surface area contributed by atoms with Crippen molar-refractivity contribution in [2.24, 2.45) is 7.05 Å². The van der Waals surface area contributed by atoms with Crippen LogP contribution in [0.4, 0.5) is 11.5 Å². The van der Waals surface area contributed by atoms with Gasteiger partial charge in [0.1, 0.15) is 23.2 Å². The van der Waals surface area contributed by atoms with Gasteiger partial charge in [-0.05, 0) is 37.6 Å². The van der Waals surface area contributed by atoms with Crippen LogP contribution < -0.4 is 10.1 Å². The Labute approximate surface area is 112 Å². The molecule has 1 aromatic carbocycles. The molecular formula is C14H16N4O. The summed E-state index contributed by atoms with van der Waals surface area (Å²) in [5, 5.41) is 16.7. The van der Waals surface area contributed by atoms with Gasteiger partial charge in [0.05, 0.1) is 12.8 Å². The number of aryl methyl sites for hydroxylation is 3. The lowest BCUT2D eigenvalue weighted by molar-refractivity contribution is 0.414. The van der Waals surface area contributed by atoms with Gasteiger partial charge in [-0.3, -0.25) is 4.68 Å². The second kappa shape index (κ2) is 5.02. The molecular weight excluding hydrogens is 240 g/mol. The first-order valence-corrected chi connectivity index (χ1v) is 5.92. The van der Waals surface area contributed by atoms with Crippen LogP contribution in [0.5, 0.6) is 5.75 Å². The maximum absolute atomic E-state index is 9.18. The summed E-state index contributed by atoms with van der Waals surface area (Å²) in [4.78, 5) is 0. The van der Waals surface area contributed by atoms with Gasteiger partial charge < -0.3 is 10.1 Å². The Morgan fingerprint density at radius 1 is 1.37 bits per heavy atom. The summed E-state index contributed by atoms with van der Waals surface area (Å²) in [6, 6.07) is 7.93. The Morgan fingerprint density at radius 3 is 2.68 bits per heavy atom. The predicted octanol–water partition coefficient (Wildman–Crippen LogP) is 2.66. The van der Waals surface area contributed by atoms with Crippen LogP contribution in [0.15, 0.2) is 18.2 Å². The fourth-order valence-electron chi connectivity index (χ4n) is 1.97. The van der Waals surface area contributed by atoms with E-state index in [1.807, 2.05) is 39.1 Å². The molecule has 0 bridgehead atoms. The van der Waals surface area contributed by atoms with Crippen LogP contribution >= 0.6 is 0 Å². The van der Waals surface area contributed by atoms with E-state index in [0.717, 1.165) is 22.7 Å². The van der Waals surface area contributed by atoms with E-state index in [2.05, 4.69) is 16.5 Å². The van der Waals surface area contributed by atoms with Crippen molar-refractivity contribution in [2.75, 3.05) is 12.4 Å². The summed E-state index contributed by atoms with van der Waals surface area (Å²) in [7, 11) is 3.45. The van der Waals surface area contributed by atoms with Gasteiger partial charge in [-0.15, -0.1) is 0 Å². The van der Waals surface area contributed by atoms with Crippen LogP contribution in [-0.2, 0) is 7.05 Å². The smallest absolute Gasteiger partial charge is 0.146 e. The van der Waals surface area contributed by atoms with Crippen molar-refractivity contribution < 1.29 is 4.74 Å². The first-order valence-electron chi connectivity index (χ1n) is 5.92. The standard InChI is InChI=1S/C14H16N4O/c1-9-7-11(19-4)5-6-13(9)16-14-12(8-15)10(2)17-18(14)3/h5-7,16H,1-4H3. The number of aromatic nitrogens is 2. The molecule has 0 spiro atoms. The quantitative estimate of drug-likeness (QED) is 0.917. The molecule has 5 nitrogen and oxygen atoms in total. The van der Waals surface area contributed by atoms with Crippen LogP contribution in [-0.4, -0.2) is 16.9 Å². The number of nitrogens with zero attached hydrogens (tertiary/aromatic N) is 3. The van der Waals surface area contributed by atoms with Crippen molar-refractivity contribution >= 4 is 11.5 Å². The molecule has 0 aliphatic carbocycles. The van der Waals surface area contributed by atoms with Gasteiger partial charge in [-0.25, -0.2) is 0 Å². The van der Waals surface area contributed by atoms with Gasteiger partial charge >= 0.3 is 0 Å². The Hall–Kier alpha value is -2.48. The number of benzene rings is 1. The van der Waals surface area contributed by atoms with Crippen molar-refractivity contribution in [1.82, 2.24) is 9.78 Å². The molecule has 1 aromatic heterocycles. The molecule has 0 amide bonds. The lowest BCUT2D eigenvalue weighted by atomic mass is 10.2. The van der Waals surface area contributed by atoms with Crippen LogP contribution in [0.25, 0.3) is 0 Å². The second-order valence-electron chi connectivity index (χ2n) is 4.35. The molecule has 0 radical (unpaired) electrons. The minimum Gasteiger partial charge on any atom is -0.497 e. The molecule has 0 unspecified atom stereocenters. The number of hydrogen-bond acceptors (Lipinski definition) is 4. The number of hydrogen-bond donors (Lipinski definition) is 1. The van der Waals surface area contributed by atoms with E-state index in [4.69, 9.17) is 4.74 Å². The zero-order chi connectivity index (χ0) is 14.0. The Bertz CT molecular complexity index is 652. The molecule has 0 atom stereocenters. The molecule has 19 heavy (non-hydrogen) atoms. The highest BCUT2D eigenvalue weighted by atomic mass is 16.5. The van der Waals surface area contributed by atoms with E-state index in [1.165, 1.54) is 0 Å². The Kier molecular flexibility index (Phi) is 3.43. The average Bonchev–Trinajstić information content (AvgIpc) is 2.66. The third kappa shape index (κ3) is 2.38. The molecule has 2 aromatic rings. The van der Waals surface area contributed by atoms with Crippen LogP contribution in [0.2, 0.25) is 0 Å². The zero-order valence-electron chi connectivity index (χ0n) is 11.5. The summed E-state index contributed by atoms with van der Waals surface area (Å²) >= 11 is 0. The molecule has 2 rings (SSSR count). The molecule has 0 aliphatic heterocycles. The van der Waals surface area contributed by atoms with E-state index in [-0.39, 0.29) is 0 Å². The second-order valence-corrected chi connectivity index (χ2v) is 4.35. The molecule has 0 aliphatic rings. The summed E-state index contributed by atoms with van der Waals surface area (Å²) in [5.74, 6) is 1.51. The van der Waals surface area contributed by atoms with Crippen molar-refractivity contribution in [1.29, 1.82) is 5.26 Å². The summed E-state index contributed by atoms with van der Waals surface area (Å²) in [6.07, 6.45) is 0. The van der Waals surface area contributed by atoms with Crippen molar-refractivity contribution in [3.05, 3.63) is 35.0 Å². The molecule has 0 fully saturated rings. The topological polar surface area (TPSA) is 62.9 Å². The molecule has 98 valence electrons. The van der Waals surface area contributed by atoms with Crippen LogP contribution in [0, 0.1) is 25.2 Å². The fraction of sp³-hybridized carbons (Fsp3) is 0.286. The van der Waals surface area contributed by atoms with Crippen molar-refractivity contribution in [3.63, 3.8) is 0 Å². The van der Waals surface area contributed by atoms with Crippen LogP contribution in [0.1, 0.15) is 16.8 Å². The summed E-state index contributed by atoms with van der Waals surface area (Å²) in [5.41, 5.74) is 3.26. The minimum atomic E-state index is 0.567. The summed E-state index contributed by atoms with van der Waals surface area (Å²) < 4.78 is 6.85. The third-order valence-electron chi connectivity index (χ3n) is 3.02. The van der Waals surface area contributed by atoms with E-state index in [9.17, 15) is 5.26 Å². The third-order valence-corrected chi connectivity index (χ3v) is 3.02. The van der Waals surface area contributed by atoms with E-state index >= 15 is 0 Å². The highest BCUT2D eigenvalue weighted by Gasteiger charge is 2.13. The number of ether oxygens (including phenoxy) is 1. The zero-order valence-corrected chi connectivity index (χ0v) is 11.5.